The van der Waals surface area contributed by atoms with Crippen LogP contribution in [0, 0.1) is 22.7 Å². The molecule has 0 spiro atoms. The van der Waals surface area contributed by atoms with Gasteiger partial charge in [0.2, 0.25) is 0 Å². The third-order valence-electron chi connectivity index (χ3n) is 8.78. The highest BCUT2D eigenvalue weighted by atomic mass is 16.5. The first-order valence-corrected chi connectivity index (χ1v) is 16.3. The Hall–Kier alpha value is -2.67. The Balaban J connectivity index is 1.39. The number of aryl methyl sites for hydroxylation is 1. The van der Waals surface area contributed by atoms with E-state index in [1.165, 1.54) is 82.6 Å². The number of unbranched alkanes of at least 4 members (excludes halogenated alkanes) is 11. The number of nitrogens with zero attached hydrogens (tertiary/aromatic N) is 2. The molecule has 1 aromatic carbocycles. The molecule has 0 N–H and O–H groups in total. The number of rotatable bonds is 18. The summed E-state index contributed by atoms with van der Waals surface area (Å²) in [5.41, 5.74) is 3.00. The van der Waals surface area contributed by atoms with Crippen LogP contribution in [0.2, 0.25) is 0 Å². The molecule has 1 aliphatic carbocycles. The van der Waals surface area contributed by atoms with Gasteiger partial charge in [0.05, 0.1) is 23.1 Å². The smallest absolute Gasteiger partial charge is 0.314 e. The second kappa shape index (κ2) is 17.9. The number of carbonyl (C=O) groups excluding carboxylic acids is 1. The molecule has 40 heavy (non-hydrogen) atoms. The minimum absolute atomic E-state index is 0.115. The van der Waals surface area contributed by atoms with Gasteiger partial charge in [-0.25, -0.2) is 0 Å². The Morgan fingerprint density at radius 1 is 0.850 bits per heavy atom. The second-order valence-electron chi connectivity index (χ2n) is 12.1. The fraction of sp³-hybridized carbons (Fsp3) is 0.639. The van der Waals surface area contributed by atoms with Crippen molar-refractivity contribution in [3.05, 3.63) is 48.2 Å². The quantitative estimate of drug-likeness (QED) is 0.106. The maximum Gasteiger partial charge on any atom is 0.314 e. The highest BCUT2D eigenvalue weighted by Gasteiger charge is 2.38. The number of aromatic nitrogens is 1. The van der Waals surface area contributed by atoms with Crippen LogP contribution in [0.4, 0.5) is 0 Å². The van der Waals surface area contributed by atoms with E-state index in [1.807, 2.05) is 30.5 Å². The van der Waals surface area contributed by atoms with E-state index >= 15 is 0 Å². The summed E-state index contributed by atoms with van der Waals surface area (Å²) in [6.07, 6.45) is 23.8. The lowest BCUT2D eigenvalue weighted by Gasteiger charge is -2.34. The molecule has 2 aromatic rings. The van der Waals surface area contributed by atoms with Crippen molar-refractivity contribution in [2.75, 3.05) is 0 Å². The van der Waals surface area contributed by atoms with Crippen LogP contribution < -0.4 is 4.74 Å². The van der Waals surface area contributed by atoms with Crippen LogP contribution in [0.5, 0.6) is 5.75 Å². The number of nitriles is 1. The predicted octanol–water partition coefficient (Wildman–Crippen LogP) is 10.4. The predicted molar refractivity (Wildman–Crippen MR) is 165 cm³/mol. The van der Waals surface area contributed by atoms with E-state index in [4.69, 9.17) is 4.74 Å². The lowest BCUT2D eigenvalue weighted by Crippen LogP contribution is -2.31. The molecule has 218 valence electrons. The first-order valence-electron chi connectivity index (χ1n) is 16.3. The van der Waals surface area contributed by atoms with Gasteiger partial charge in [-0.2, -0.15) is 5.26 Å². The molecule has 1 saturated carbocycles. The SMILES string of the molecule is CCCCCCCCCC1(C#N)CCC(C(=O)Oc2ccc(-c3ccc(CCCCCCCC)cn3)cc2)CC1. The van der Waals surface area contributed by atoms with Gasteiger partial charge in [0.1, 0.15) is 5.75 Å². The van der Waals surface area contributed by atoms with Gasteiger partial charge in [-0.1, -0.05) is 97.0 Å². The Bertz CT molecular complexity index is 1010. The molecule has 4 nitrogen and oxygen atoms in total. The molecule has 0 amide bonds. The zero-order valence-electron chi connectivity index (χ0n) is 25.3. The van der Waals surface area contributed by atoms with Crippen molar-refractivity contribution in [1.82, 2.24) is 4.98 Å². The van der Waals surface area contributed by atoms with Crippen LogP contribution >= 0.6 is 0 Å². The molecule has 1 heterocycles. The summed E-state index contributed by atoms with van der Waals surface area (Å²) < 4.78 is 5.75. The summed E-state index contributed by atoms with van der Waals surface area (Å²) in [4.78, 5) is 17.6. The molecule has 0 bridgehead atoms. The van der Waals surface area contributed by atoms with Crippen LogP contribution in [-0.2, 0) is 11.2 Å². The number of hydrogen-bond acceptors (Lipinski definition) is 4. The van der Waals surface area contributed by atoms with Gasteiger partial charge in [0.25, 0.3) is 0 Å². The Morgan fingerprint density at radius 3 is 2.02 bits per heavy atom. The molecule has 1 fully saturated rings. The van der Waals surface area contributed by atoms with Gasteiger partial charge in [0, 0.05) is 11.8 Å². The molecule has 0 aliphatic heterocycles. The fourth-order valence-corrected chi connectivity index (χ4v) is 5.99. The third kappa shape index (κ3) is 10.7. The normalized spacial score (nSPS) is 18.8. The molecule has 0 saturated heterocycles. The summed E-state index contributed by atoms with van der Waals surface area (Å²) in [5.74, 6) is 0.303. The van der Waals surface area contributed by atoms with Gasteiger partial charge < -0.3 is 4.74 Å². The largest absolute Gasteiger partial charge is 0.426 e. The van der Waals surface area contributed by atoms with E-state index in [0.29, 0.717) is 5.75 Å². The summed E-state index contributed by atoms with van der Waals surface area (Å²) in [6, 6.07) is 14.6. The van der Waals surface area contributed by atoms with Crippen molar-refractivity contribution in [2.24, 2.45) is 11.3 Å². The van der Waals surface area contributed by atoms with Gasteiger partial charge in [-0.05, 0) is 80.8 Å². The van der Waals surface area contributed by atoms with Gasteiger partial charge in [-0.3, -0.25) is 9.78 Å². The number of ether oxygens (including phenoxy) is 1. The molecule has 0 atom stereocenters. The van der Waals surface area contributed by atoms with Crippen molar-refractivity contribution in [1.29, 1.82) is 5.26 Å². The molecular formula is C36H52N2O2. The monoisotopic (exact) mass is 544 g/mol. The van der Waals surface area contributed by atoms with Crippen LogP contribution in [0.3, 0.4) is 0 Å². The second-order valence-corrected chi connectivity index (χ2v) is 12.1. The number of esters is 1. The standard InChI is InChI=1S/C36H52N2O2/c1-3-5-7-9-11-13-15-25-36(29-37)26-23-32(24-27-36)35(39)40-33-20-18-31(19-21-33)34-22-17-30(28-38-34)16-14-12-10-8-6-4-2/h17-22,28,32H,3-16,23-27H2,1-2H3. The maximum absolute atomic E-state index is 12.9. The number of carbonyl (C=O) groups is 1. The van der Waals surface area contributed by atoms with Crippen molar-refractivity contribution in [3.63, 3.8) is 0 Å². The van der Waals surface area contributed by atoms with Gasteiger partial charge in [-0.15, -0.1) is 0 Å². The van der Waals surface area contributed by atoms with Gasteiger partial charge in [0.15, 0.2) is 0 Å². The number of pyridine rings is 1. The highest BCUT2D eigenvalue weighted by molar-refractivity contribution is 5.75. The molecule has 4 heteroatoms. The van der Waals surface area contributed by atoms with Crippen LogP contribution in [0.15, 0.2) is 42.6 Å². The lowest BCUT2D eigenvalue weighted by molar-refractivity contribution is -0.140. The topological polar surface area (TPSA) is 63.0 Å². The first-order chi connectivity index (χ1) is 19.6. The molecular weight excluding hydrogens is 492 g/mol. The summed E-state index contributed by atoms with van der Waals surface area (Å²) >= 11 is 0. The minimum atomic E-state index is -0.251. The summed E-state index contributed by atoms with van der Waals surface area (Å²) in [7, 11) is 0. The molecule has 0 radical (unpaired) electrons. The average Bonchev–Trinajstić information content (AvgIpc) is 2.99. The summed E-state index contributed by atoms with van der Waals surface area (Å²) in [5, 5.41) is 9.91. The summed E-state index contributed by atoms with van der Waals surface area (Å²) in [6.45, 7) is 4.50. The maximum atomic E-state index is 12.9. The van der Waals surface area contributed by atoms with Crippen molar-refractivity contribution in [3.8, 4) is 23.1 Å². The third-order valence-corrected chi connectivity index (χ3v) is 8.78. The van der Waals surface area contributed by atoms with Crippen LogP contribution in [0.25, 0.3) is 11.3 Å². The number of benzene rings is 1. The Kier molecular flexibility index (Phi) is 14.3. The van der Waals surface area contributed by atoms with Crippen molar-refractivity contribution < 1.29 is 9.53 Å². The van der Waals surface area contributed by atoms with E-state index in [2.05, 4.69) is 37.0 Å². The fourth-order valence-electron chi connectivity index (χ4n) is 5.99. The van der Waals surface area contributed by atoms with E-state index in [0.717, 1.165) is 56.2 Å². The zero-order valence-corrected chi connectivity index (χ0v) is 25.3. The molecule has 0 unspecified atom stereocenters. The van der Waals surface area contributed by atoms with E-state index in [9.17, 15) is 10.1 Å². The highest BCUT2D eigenvalue weighted by Crippen LogP contribution is 2.43. The van der Waals surface area contributed by atoms with E-state index in [1.54, 1.807) is 0 Å². The lowest BCUT2D eigenvalue weighted by atomic mass is 9.69. The van der Waals surface area contributed by atoms with Crippen molar-refractivity contribution in [2.45, 2.75) is 136 Å². The number of hydrogen-bond donors (Lipinski definition) is 0. The molecule has 1 aliphatic rings. The zero-order chi connectivity index (χ0) is 28.5. The molecule has 3 rings (SSSR count). The Labute approximate surface area is 243 Å². The van der Waals surface area contributed by atoms with Crippen LogP contribution in [-0.4, -0.2) is 11.0 Å². The van der Waals surface area contributed by atoms with E-state index in [-0.39, 0.29) is 17.3 Å². The van der Waals surface area contributed by atoms with Crippen LogP contribution in [0.1, 0.15) is 135 Å². The van der Waals surface area contributed by atoms with E-state index < -0.39 is 0 Å². The minimum Gasteiger partial charge on any atom is -0.426 e. The first kappa shape index (κ1) is 31.9. The van der Waals surface area contributed by atoms with Crippen molar-refractivity contribution >= 4 is 5.97 Å². The molecule has 1 aromatic heterocycles. The Morgan fingerprint density at radius 2 is 1.45 bits per heavy atom. The average molecular weight is 545 g/mol. The van der Waals surface area contributed by atoms with Gasteiger partial charge >= 0.3 is 5.97 Å².